The van der Waals surface area contributed by atoms with Crippen LogP contribution in [0.3, 0.4) is 0 Å². The number of carbonyl (C=O) groups is 2. The summed E-state index contributed by atoms with van der Waals surface area (Å²) in [7, 11) is 0. The van der Waals surface area contributed by atoms with Gasteiger partial charge in [0.1, 0.15) is 0 Å². The van der Waals surface area contributed by atoms with Crippen LogP contribution in [-0.2, 0) is 14.3 Å². The Morgan fingerprint density at radius 3 is 1.16 bits per heavy atom. The van der Waals surface area contributed by atoms with Gasteiger partial charge in [0.2, 0.25) is 5.91 Å². The minimum atomic E-state index is -0.861. The molecule has 3 N–H and O–H groups in total. The van der Waals surface area contributed by atoms with Gasteiger partial charge in [-0.3, -0.25) is 9.59 Å². The summed E-state index contributed by atoms with van der Waals surface area (Å²) in [6.07, 6.45) is 72.9. The summed E-state index contributed by atoms with van der Waals surface area (Å²) in [6.45, 7) is 4.83. The van der Waals surface area contributed by atoms with Crippen molar-refractivity contribution in [3.05, 3.63) is 48.6 Å². The lowest BCUT2D eigenvalue weighted by molar-refractivity contribution is -0.143. The molecular formula is C62H115NO5. The van der Waals surface area contributed by atoms with Crippen molar-refractivity contribution >= 4 is 11.9 Å². The highest BCUT2D eigenvalue weighted by molar-refractivity contribution is 5.76. The zero-order chi connectivity index (χ0) is 49.3. The summed E-state index contributed by atoms with van der Waals surface area (Å²) in [5, 5.41) is 23.2. The van der Waals surface area contributed by atoms with Gasteiger partial charge in [-0.05, 0) is 89.9 Å². The zero-order valence-electron chi connectivity index (χ0n) is 45.3. The van der Waals surface area contributed by atoms with Crippen LogP contribution < -0.4 is 5.32 Å². The van der Waals surface area contributed by atoms with E-state index in [0.29, 0.717) is 19.4 Å². The molecule has 398 valence electrons. The molecule has 0 saturated carbocycles. The molecule has 68 heavy (non-hydrogen) atoms. The summed E-state index contributed by atoms with van der Waals surface area (Å²) in [5.41, 5.74) is 0. The number of aliphatic hydroxyl groups is 2. The second-order valence-corrected chi connectivity index (χ2v) is 20.3. The van der Waals surface area contributed by atoms with Crippen LogP contribution in [0.2, 0.25) is 0 Å². The Kier molecular flexibility index (Phi) is 55.6. The van der Waals surface area contributed by atoms with E-state index < -0.39 is 12.1 Å². The van der Waals surface area contributed by atoms with Gasteiger partial charge in [0, 0.05) is 12.8 Å². The average molecular weight is 955 g/mol. The molecule has 0 aliphatic rings. The maximum atomic E-state index is 12.5. The lowest BCUT2D eigenvalue weighted by Crippen LogP contribution is -2.45. The van der Waals surface area contributed by atoms with Gasteiger partial charge >= 0.3 is 5.97 Å². The van der Waals surface area contributed by atoms with E-state index in [2.05, 4.69) is 55.6 Å². The molecule has 0 heterocycles. The minimum absolute atomic E-state index is 0.0330. The van der Waals surface area contributed by atoms with Gasteiger partial charge in [-0.1, -0.05) is 255 Å². The van der Waals surface area contributed by atoms with Crippen molar-refractivity contribution in [3.63, 3.8) is 0 Å². The van der Waals surface area contributed by atoms with Gasteiger partial charge in [-0.2, -0.15) is 0 Å². The molecule has 0 aromatic carbocycles. The van der Waals surface area contributed by atoms with Crippen LogP contribution in [0, 0.1) is 0 Å². The van der Waals surface area contributed by atoms with Crippen LogP contribution in [-0.4, -0.2) is 47.4 Å². The number of aliphatic hydroxyl groups excluding tert-OH is 2. The lowest BCUT2D eigenvalue weighted by Gasteiger charge is -2.20. The van der Waals surface area contributed by atoms with Gasteiger partial charge < -0.3 is 20.3 Å². The Bertz CT molecular complexity index is 1150. The fraction of sp³-hybridized carbons (Fsp3) is 0.839. The van der Waals surface area contributed by atoms with E-state index >= 15 is 0 Å². The number of unbranched alkanes of at least 4 members (excludes halogenated alkanes) is 39. The van der Waals surface area contributed by atoms with Gasteiger partial charge in [0.15, 0.2) is 0 Å². The highest BCUT2D eigenvalue weighted by atomic mass is 16.5. The minimum Gasteiger partial charge on any atom is -0.466 e. The van der Waals surface area contributed by atoms with E-state index in [1.54, 1.807) is 6.08 Å². The molecule has 0 aliphatic heterocycles. The van der Waals surface area contributed by atoms with Crippen LogP contribution in [0.25, 0.3) is 0 Å². The Morgan fingerprint density at radius 1 is 0.412 bits per heavy atom. The first kappa shape index (κ1) is 65.8. The average Bonchev–Trinajstić information content (AvgIpc) is 3.34. The molecule has 2 unspecified atom stereocenters. The zero-order valence-corrected chi connectivity index (χ0v) is 45.3. The Hall–Kier alpha value is -2.18. The molecule has 2 atom stereocenters. The highest BCUT2D eigenvalue weighted by Gasteiger charge is 2.18. The van der Waals surface area contributed by atoms with Crippen molar-refractivity contribution in [2.45, 2.75) is 321 Å². The highest BCUT2D eigenvalue weighted by Crippen LogP contribution is 2.17. The van der Waals surface area contributed by atoms with Crippen LogP contribution in [0.5, 0.6) is 0 Å². The molecule has 6 nitrogen and oxygen atoms in total. The Morgan fingerprint density at radius 2 is 0.735 bits per heavy atom. The smallest absolute Gasteiger partial charge is 0.305 e. The van der Waals surface area contributed by atoms with Gasteiger partial charge in [0.05, 0.1) is 25.4 Å². The fourth-order valence-corrected chi connectivity index (χ4v) is 8.97. The molecule has 0 aromatic rings. The Labute approximate surface area is 423 Å². The molecule has 0 saturated heterocycles. The SMILES string of the molecule is CCCCC/C=C\CCCCCCCC(=O)OCCCCC/C=C\C=C/CCCCCCCCC(=O)NC(CO)C(O)/C=C/CCCCCCCCCCCCCCCCCCCCCCCC. The molecule has 1 amide bonds. The predicted octanol–water partition coefficient (Wildman–Crippen LogP) is 18.6. The first-order valence-corrected chi connectivity index (χ1v) is 29.9. The normalized spacial score (nSPS) is 12.9. The van der Waals surface area contributed by atoms with Crippen LogP contribution in [0.4, 0.5) is 0 Å². The molecule has 0 radical (unpaired) electrons. The summed E-state index contributed by atoms with van der Waals surface area (Å²) in [6, 6.07) is -0.647. The molecule has 0 aliphatic carbocycles. The molecular weight excluding hydrogens is 839 g/mol. The first-order chi connectivity index (χ1) is 33.5. The third-order valence-corrected chi connectivity index (χ3v) is 13.6. The van der Waals surface area contributed by atoms with E-state index in [0.717, 1.165) is 77.0 Å². The van der Waals surface area contributed by atoms with Crippen LogP contribution >= 0.6 is 0 Å². The van der Waals surface area contributed by atoms with E-state index in [1.165, 1.54) is 205 Å². The number of nitrogens with one attached hydrogen (secondary N) is 1. The number of amides is 1. The standard InChI is InChI=1S/C62H115NO5/c1-3-5-7-9-11-13-15-17-18-19-20-21-22-23-24-25-26-28-31-34-38-42-46-50-54-60(65)59(58-64)63-61(66)55-51-47-43-39-35-32-29-27-30-33-37-41-45-49-53-57-68-62(67)56-52-48-44-40-36-16-14-12-10-8-6-4-2/h12,14,27,30,33,37,50,54,59-60,64-65H,3-11,13,15-26,28-29,31-32,34-36,38-49,51-53,55-58H2,1-2H3,(H,63,66)/b14-12-,30-27-,37-33-,54-50+. The number of esters is 1. The molecule has 6 heteroatoms. The van der Waals surface area contributed by atoms with Crippen molar-refractivity contribution in [1.29, 1.82) is 0 Å². The number of carbonyl (C=O) groups excluding carboxylic acids is 2. The summed E-state index contributed by atoms with van der Waals surface area (Å²) in [4.78, 5) is 24.5. The molecule has 0 fully saturated rings. The number of ether oxygens (including phenoxy) is 1. The van der Waals surface area contributed by atoms with E-state index in [1.807, 2.05) is 6.08 Å². The van der Waals surface area contributed by atoms with E-state index in [-0.39, 0.29) is 18.5 Å². The second-order valence-electron chi connectivity index (χ2n) is 20.3. The lowest BCUT2D eigenvalue weighted by atomic mass is 10.0. The monoisotopic (exact) mass is 954 g/mol. The maximum Gasteiger partial charge on any atom is 0.305 e. The first-order valence-electron chi connectivity index (χ1n) is 29.9. The number of hydrogen-bond donors (Lipinski definition) is 3. The third-order valence-electron chi connectivity index (χ3n) is 13.6. The van der Waals surface area contributed by atoms with Gasteiger partial charge in [-0.15, -0.1) is 0 Å². The van der Waals surface area contributed by atoms with Gasteiger partial charge in [-0.25, -0.2) is 0 Å². The summed E-state index contributed by atoms with van der Waals surface area (Å²) >= 11 is 0. The Balaban J connectivity index is 3.55. The number of allylic oxidation sites excluding steroid dienone is 7. The topological polar surface area (TPSA) is 95.9 Å². The quantitative estimate of drug-likeness (QED) is 0.0244. The predicted molar refractivity (Wildman–Crippen MR) is 296 cm³/mol. The molecule has 0 bridgehead atoms. The molecule has 0 aromatic heterocycles. The number of rotatable bonds is 55. The van der Waals surface area contributed by atoms with Crippen molar-refractivity contribution in [1.82, 2.24) is 5.32 Å². The number of hydrogen-bond acceptors (Lipinski definition) is 5. The van der Waals surface area contributed by atoms with Crippen LogP contribution in [0.1, 0.15) is 309 Å². The summed E-state index contributed by atoms with van der Waals surface area (Å²) in [5.74, 6) is -0.122. The maximum absolute atomic E-state index is 12.5. The third kappa shape index (κ3) is 53.2. The van der Waals surface area contributed by atoms with Crippen molar-refractivity contribution < 1.29 is 24.5 Å². The van der Waals surface area contributed by atoms with Gasteiger partial charge in [0.25, 0.3) is 0 Å². The molecule has 0 spiro atoms. The second kappa shape index (κ2) is 57.4. The van der Waals surface area contributed by atoms with Crippen molar-refractivity contribution in [2.24, 2.45) is 0 Å². The van der Waals surface area contributed by atoms with Crippen LogP contribution in [0.15, 0.2) is 48.6 Å². The fourth-order valence-electron chi connectivity index (χ4n) is 8.97. The van der Waals surface area contributed by atoms with Crippen molar-refractivity contribution in [2.75, 3.05) is 13.2 Å². The van der Waals surface area contributed by atoms with E-state index in [4.69, 9.17) is 4.74 Å². The van der Waals surface area contributed by atoms with E-state index in [9.17, 15) is 19.8 Å². The molecule has 0 rings (SSSR count). The summed E-state index contributed by atoms with van der Waals surface area (Å²) < 4.78 is 5.43. The largest absolute Gasteiger partial charge is 0.466 e. The van der Waals surface area contributed by atoms with Crippen molar-refractivity contribution in [3.8, 4) is 0 Å².